The van der Waals surface area contributed by atoms with Gasteiger partial charge in [0, 0.05) is 12.1 Å². The van der Waals surface area contributed by atoms with E-state index in [1.54, 1.807) is 24.3 Å². The van der Waals surface area contributed by atoms with E-state index < -0.39 is 11.9 Å². The smallest absolute Gasteiger partial charge is 0.223 e. The first-order valence-corrected chi connectivity index (χ1v) is 7.04. The first kappa shape index (κ1) is 16.0. The molecule has 4 nitrogen and oxygen atoms in total. The Kier molecular flexibility index (Phi) is 5.91. The second-order valence-electron chi connectivity index (χ2n) is 4.75. The summed E-state index contributed by atoms with van der Waals surface area (Å²) in [5.41, 5.74) is 0.170. The van der Waals surface area contributed by atoms with Gasteiger partial charge in [0.2, 0.25) is 5.91 Å². The quantitative estimate of drug-likeness (QED) is 0.826. The molecule has 2 N–H and O–H groups in total. The molecule has 2 aromatic rings. The maximum absolute atomic E-state index is 13.5. The number of aliphatic hydroxyl groups excluding tert-OH is 1. The van der Waals surface area contributed by atoms with Crippen LogP contribution in [0.2, 0.25) is 0 Å². The van der Waals surface area contributed by atoms with Gasteiger partial charge >= 0.3 is 0 Å². The number of carbonyl (C=O) groups excluding carboxylic acids is 1. The minimum atomic E-state index is -1.07. The predicted molar refractivity (Wildman–Crippen MR) is 80.9 cm³/mol. The highest BCUT2D eigenvalue weighted by molar-refractivity contribution is 5.76. The molecule has 0 aliphatic carbocycles. The van der Waals surface area contributed by atoms with Crippen molar-refractivity contribution in [1.29, 1.82) is 0 Å². The molecule has 0 fully saturated rings. The Balaban J connectivity index is 1.70. The van der Waals surface area contributed by atoms with Crippen molar-refractivity contribution in [3.63, 3.8) is 0 Å². The van der Waals surface area contributed by atoms with Gasteiger partial charge in [0.05, 0.1) is 19.1 Å². The Labute approximate surface area is 128 Å². The average molecular weight is 303 g/mol. The van der Waals surface area contributed by atoms with Crippen LogP contribution in [-0.2, 0) is 4.79 Å². The third-order valence-electron chi connectivity index (χ3n) is 3.10. The highest BCUT2D eigenvalue weighted by Gasteiger charge is 2.13. The summed E-state index contributed by atoms with van der Waals surface area (Å²) in [6.07, 6.45) is -0.904. The number of carbonyl (C=O) groups is 1. The van der Waals surface area contributed by atoms with E-state index in [0.29, 0.717) is 5.75 Å². The van der Waals surface area contributed by atoms with Crippen LogP contribution in [0, 0.1) is 5.82 Å². The lowest BCUT2D eigenvalue weighted by Gasteiger charge is -2.13. The number of amides is 1. The van der Waals surface area contributed by atoms with E-state index in [4.69, 9.17) is 4.74 Å². The summed E-state index contributed by atoms with van der Waals surface area (Å²) >= 11 is 0. The maximum Gasteiger partial charge on any atom is 0.223 e. The number of nitrogens with one attached hydrogen (secondary N) is 1. The first-order chi connectivity index (χ1) is 10.7. The minimum absolute atomic E-state index is 0.0366. The van der Waals surface area contributed by atoms with E-state index in [1.807, 2.05) is 18.2 Å². The first-order valence-electron chi connectivity index (χ1n) is 7.04. The molecule has 1 unspecified atom stereocenters. The van der Waals surface area contributed by atoms with Crippen LogP contribution in [0.4, 0.5) is 4.39 Å². The largest absolute Gasteiger partial charge is 0.493 e. The van der Waals surface area contributed by atoms with Gasteiger partial charge in [0.1, 0.15) is 11.6 Å². The van der Waals surface area contributed by atoms with E-state index >= 15 is 0 Å². The zero-order chi connectivity index (χ0) is 15.8. The number of hydrogen-bond donors (Lipinski definition) is 2. The summed E-state index contributed by atoms with van der Waals surface area (Å²) in [5, 5.41) is 12.4. The summed E-state index contributed by atoms with van der Waals surface area (Å²) in [6.45, 7) is 0.205. The molecule has 22 heavy (non-hydrogen) atoms. The Morgan fingerprint density at radius 3 is 2.55 bits per heavy atom. The van der Waals surface area contributed by atoms with Gasteiger partial charge in [-0.2, -0.15) is 0 Å². The second-order valence-corrected chi connectivity index (χ2v) is 4.75. The van der Waals surface area contributed by atoms with Crippen molar-refractivity contribution < 1.29 is 19.0 Å². The van der Waals surface area contributed by atoms with Crippen molar-refractivity contribution in [1.82, 2.24) is 5.32 Å². The SMILES string of the molecule is O=C(CCOc1ccccc1)NCC(O)c1ccccc1F. The van der Waals surface area contributed by atoms with Gasteiger partial charge < -0.3 is 15.2 Å². The standard InChI is InChI=1S/C17H18FNO3/c18-15-9-5-4-8-14(15)16(20)12-19-17(21)10-11-22-13-6-2-1-3-7-13/h1-9,16,20H,10-12H2,(H,19,21). The van der Waals surface area contributed by atoms with Crippen molar-refractivity contribution in [2.45, 2.75) is 12.5 Å². The van der Waals surface area contributed by atoms with Gasteiger partial charge in [0.25, 0.3) is 0 Å². The molecule has 5 heteroatoms. The molecule has 0 radical (unpaired) electrons. The topological polar surface area (TPSA) is 58.6 Å². The van der Waals surface area contributed by atoms with E-state index in [-0.39, 0.29) is 31.0 Å². The predicted octanol–water partition coefficient (Wildman–Crippen LogP) is 2.44. The molecule has 2 aromatic carbocycles. The molecule has 0 bridgehead atoms. The fraction of sp³-hybridized carbons (Fsp3) is 0.235. The van der Waals surface area contributed by atoms with Gasteiger partial charge in [-0.05, 0) is 18.2 Å². The normalized spacial score (nSPS) is 11.7. The van der Waals surface area contributed by atoms with Crippen molar-refractivity contribution in [3.8, 4) is 5.75 Å². The molecule has 2 rings (SSSR count). The van der Waals surface area contributed by atoms with Crippen LogP contribution in [0.15, 0.2) is 54.6 Å². The molecule has 1 atom stereocenters. The number of aliphatic hydroxyl groups is 1. The number of halogens is 1. The molecule has 0 aliphatic heterocycles. The fourth-order valence-corrected chi connectivity index (χ4v) is 1.93. The van der Waals surface area contributed by atoms with Crippen LogP contribution in [-0.4, -0.2) is 24.2 Å². The maximum atomic E-state index is 13.5. The summed E-state index contributed by atoms with van der Waals surface area (Å²) in [7, 11) is 0. The number of benzene rings is 2. The van der Waals surface area contributed by atoms with Gasteiger partial charge in [-0.25, -0.2) is 4.39 Å². The fourth-order valence-electron chi connectivity index (χ4n) is 1.93. The Morgan fingerprint density at radius 2 is 1.82 bits per heavy atom. The van der Waals surface area contributed by atoms with Gasteiger partial charge in [-0.3, -0.25) is 4.79 Å². The lowest BCUT2D eigenvalue weighted by molar-refractivity contribution is -0.122. The van der Waals surface area contributed by atoms with Gasteiger partial charge in [0.15, 0.2) is 0 Å². The van der Waals surface area contributed by atoms with E-state index in [9.17, 15) is 14.3 Å². The number of para-hydroxylation sites is 1. The Bertz CT molecular complexity index is 604. The van der Waals surface area contributed by atoms with Crippen molar-refractivity contribution >= 4 is 5.91 Å². The summed E-state index contributed by atoms with van der Waals surface area (Å²) in [4.78, 5) is 11.7. The molecule has 0 heterocycles. The average Bonchev–Trinajstić information content (AvgIpc) is 2.54. The second kappa shape index (κ2) is 8.14. The van der Waals surface area contributed by atoms with Crippen LogP contribution in [0.3, 0.4) is 0 Å². The molecule has 0 aliphatic rings. The highest BCUT2D eigenvalue weighted by atomic mass is 19.1. The van der Waals surface area contributed by atoms with Crippen molar-refractivity contribution in [2.24, 2.45) is 0 Å². The summed E-state index contributed by atoms with van der Waals surface area (Å²) in [6, 6.07) is 15.1. The van der Waals surface area contributed by atoms with Crippen LogP contribution >= 0.6 is 0 Å². The minimum Gasteiger partial charge on any atom is -0.493 e. The Morgan fingerprint density at radius 1 is 1.14 bits per heavy atom. The zero-order valence-electron chi connectivity index (χ0n) is 12.0. The monoisotopic (exact) mass is 303 g/mol. The van der Waals surface area contributed by atoms with Crippen LogP contribution in [0.5, 0.6) is 5.75 Å². The van der Waals surface area contributed by atoms with Gasteiger partial charge in [-0.1, -0.05) is 36.4 Å². The third-order valence-corrected chi connectivity index (χ3v) is 3.10. The summed E-state index contributed by atoms with van der Waals surface area (Å²) in [5.74, 6) is -0.0512. The lowest BCUT2D eigenvalue weighted by Crippen LogP contribution is -2.29. The van der Waals surface area contributed by atoms with E-state index in [2.05, 4.69) is 5.32 Å². The van der Waals surface area contributed by atoms with E-state index in [0.717, 1.165) is 0 Å². The van der Waals surface area contributed by atoms with Crippen molar-refractivity contribution in [3.05, 3.63) is 66.0 Å². The summed E-state index contributed by atoms with van der Waals surface area (Å²) < 4.78 is 18.9. The highest BCUT2D eigenvalue weighted by Crippen LogP contribution is 2.15. The van der Waals surface area contributed by atoms with Crippen LogP contribution in [0.1, 0.15) is 18.1 Å². The molecule has 0 saturated carbocycles. The zero-order valence-corrected chi connectivity index (χ0v) is 12.0. The molecule has 1 amide bonds. The number of hydrogen-bond acceptors (Lipinski definition) is 3. The molecule has 0 spiro atoms. The molecule has 0 saturated heterocycles. The Hall–Kier alpha value is -2.40. The van der Waals surface area contributed by atoms with Crippen molar-refractivity contribution in [2.75, 3.05) is 13.2 Å². The third kappa shape index (κ3) is 4.86. The van der Waals surface area contributed by atoms with Crippen LogP contribution in [0.25, 0.3) is 0 Å². The molecule has 116 valence electrons. The molecular formula is C17H18FNO3. The van der Waals surface area contributed by atoms with Gasteiger partial charge in [-0.15, -0.1) is 0 Å². The van der Waals surface area contributed by atoms with E-state index in [1.165, 1.54) is 12.1 Å². The molecular weight excluding hydrogens is 285 g/mol. The lowest BCUT2D eigenvalue weighted by atomic mass is 10.1. The molecule has 0 aromatic heterocycles. The van der Waals surface area contributed by atoms with Crippen LogP contribution < -0.4 is 10.1 Å². The number of rotatable bonds is 7. The number of ether oxygens (including phenoxy) is 1.